The third kappa shape index (κ3) is 3.05. The number of benzene rings is 1. The first kappa shape index (κ1) is 12.2. The Morgan fingerprint density at radius 2 is 1.93 bits per heavy atom. The molecule has 84 valence electrons. The monoisotopic (exact) mass is 207 g/mol. The SMILES string of the molecule is CNCCC(C)(O)c1ccc(C)c(C)c1. The van der Waals surface area contributed by atoms with Crippen LogP contribution < -0.4 is 5.32 Å². The van der Waals surface area contributed by atoms with Crippen molar-refractivity contribution in [3.8, 4) is 0 Å². The third-order valence-corrected chi connectivity index (χ3v) is 2.99. The van der Waals surface area contributed by atoms with E-state index in [9.17, 15) is 5.11 Å². The quantitative estimate of drug-likeness (QED) is 0.792. The zero-order chi connectivity index (χ0) is 11.5. The van der Waals surface area contributed by atoms with Crippen molar-refractivity contribution in [2.45, 2.75) is 32.8 Å². The van der Waals surface area contributed by atoms with Crippen molar-refractivity contribution in [1.82, 2.24) is 5.32 Å². The molecule has 0 heterocycles. The highest BCUT2D eigenvalue weighted by molar-refractivity contribution is 5.32. The van der Waals surface area contributed by atoms with Gasteiger partial charge in [0.15, 0.2) is 0 Å². The van der Waals surface area contributed by atoms with Gasteiger partial charge in [-0.25, -0.2) is 0 Å². The molecule has 0 aliphatic heterocycles. The largest absolute Gasteiger partial charge is 0.385 e. The van der Waals surface area contributed by atoms with E-state index in [0.29, 0.717) is 0 Å². The maximum absolute atomic E-state index is 10.3. The first-order valence-corrected chi connectivity index (χ1v) is 5.42. The van der Waals surface area contributed by atoms with E-state index < -0.39 is 5.60 Å². The minimum atomic E-state index is -0.735. The normalized spacial score (nSPS) is 15.0. The molecule has 0 bridgehead atoms. The van der Waals surface area contributed by atoms with Crippen LogP contribution in [-0.4, -0.2) is 18.7 Å². The molecule has 0 saturated heterocycles. The maximum atomic E-state index is 10.3. The van der Waals surface area contributed by atoms with E-state index in [-0.39, 0.29) is 0 Å². The lowest BCUT2D eigenvalue weighted by atomic mass is 9.90. The minimum Gasteiger partial charge on any atom is -0.385 e. The van der Waals surface area contributed by atoms with Gasteiger partial charge in [0, 0.05) is 0 Å². The number of aliphatic hydroxyl groups is 1. The number of rotatable bonds is 4. The van der Waals surface area contributed by atoms with Crippen LogP contribution in [0.2, 0.25) is 0 Å². The summed E-state index contributed by atoms with van der Waals surface area (Å²) < 4.78 is 0. The van der Waals surface area contributed by atoms with Gasteiger partial charge in [0.05, 0.1) is 5.60 Å². The van der Waals surface area contributed by atoms with Crippen molar-refractivity contribution in [1.29, 1.82) is 0 Å². The van der Waals surface area contributed by atoms with Gasteiger partial charge in [0.1, 0.15) is 0 Å². The summed E-state index contributed by atoms with van der Waals surface area (Å²) in [5.41, 5.74) is 2.77. The third-order valence-electron chi connectivity index (χ3n) is 2.99. The summed E-state index contributed by atoms with van der Waals surface area (Å²) in [7, 11) is 1.90. The van der Waals surface area contributed by atoms with Crippen LogP contribution in [0.5, 0.6) is 0 Å². The number of nitrogens with one attached hydrogen (secondary N) is 1. The lowest BCUT2D eigenvalue weighted by Gasteiger charge is -2.24. The van der Waals surface area contributed by atoms with Crippen molar-refractivity contribution >= 4 is 0 Å². The summed E-state index contributed by atoms with van der Waals surface area (Å²) in [5.74, 6) is 0. The smallest absolute Gasteiger partial charge is 0.0880 e. The van der Waals surface area contributed by atoms with E-state index in [1.165, 1.54) is 11.1 Å². The molecule has 0 aliphatic carbocycles. The molecule has 2 heteroatoms. The summed E-state index contributed by atoms with van der Waals surface area (Å²) in [5, 5.41) is 13.4. The Hall–Kier alpha value is -0.860. The molecular formula is C13H21NO. The fourth-order valence-corrected chi connectivity index (χ4v) is 1.59. The molecule has 0 spiro atoms. The Bertz CT molecular complexity index is 331. The lowest BCUT2D eigenvalue weighted by Crippen LogP contribution is -2.26. The fraction of sp³-hybridized carbons (Fsp3) is 0.538. The Labute approximate surface area is 92.3 Å². The van der Waals surface area contributed by atoms with Gasteiger partial charge < -0.3 is 10.4 Å². The molecule has 2 nitrogen and oxygen atoms in total. The van der Waals surface area contributed by atoms with E-state index >= 15 is 0 Å². The van der Waals surface area contributed by atoms with E-state index in [1.807, 2.05) is 20.0 Å². The van der Waals surface area contributed by atoms with Gasteiger partial charge in [0.2, 0.25) is 0 Å². The van der Waals surface area contributed by atoms with Crippen LogP contribution in [0, 0.1) is 13.8 Å². The van der Waals surface area contributed by atoms with E-state index in [0.717, 1.165) is 18.5 Å². The van der Waals surface area contributed by atoms with E-state index in [1.54, 1.807) is 0 Å². The van der Waals surface area contributed by atoms with Gasteiger partial charge in [-0.1, -0.05) is 18.2 Å². The van der Waals surface area contributed by atoms with Gasteiger partial charge in [-0.15, -0.1) is 0 Å². The highest BCUT2D eigenvalue weighted by Gasteiger charge is 2.22. The zero-order valence-electron chi connectivity index (χ0n) is 10.1. The van der Waals surface area contributed by atoms with Crippen LogP contribution in [0.4, 0.5) is 0 Å². The maximum Gasteiger partial charge on any atom is 0.0880 e. The van der Waals surface area contributed by atoms with Crippen molar-refractivity contribution in [2.24, 2.45) is 0 Å². The molecule has 2 N–H and O–H groups in total. The van der Waals surface area contributed by atoms with Gasteiger partial charge >= 0.3 is 0 Å². The van der Waals surface area contributed by atoms with Gasteiger partial charge in [0.25, 0.3) is 0 Å². The second-order valence-corrected chi connectivity index (χ2v) is 4.43. The van der Waals surface area contributed by atoms with Crippen LogP contribution in [-0.2, 0) is 5.60 Å². The summed E-state index contributed by atoms with van der Waals surface area (Å²) in [4.78, 5) is 0. The van der Waals surface area contributed by atoms with Crippen molar-refractivity contribution < 1.29 is 5.11 Å². The molecule has 1 aromatic carbocycles. The Morgan fingerprint density at radius 1 is 1.27 bits per heavy atom. The minimum absolute atomic E-state index is 0.728. The lowest BCUT2D eigenvalue weighted by molar-refractivity contribution is 0.0485. The number of aryl methyl sites for hydroxylation is 2. The molecule has 15 heavy (non-hydrogen) atoms. The van der Waals surface area contributed by atoms with Crippen molar-refractivity contribution in [3.63, 3.8) is 0 Å². The molecule has 0 saturated carbocycles. The van der Waals surface area contributed by atoms with Crippen LogP contribution in [0.3, 0.4) is 0 Å². The summed E-state index contributed by atoms with van der Waals surface area (Å²) >= 11 is 0. The molecule has 0 aliphatic rings. The Balaban J connectivity index is 2.89. The number of hydrogen-bond donors (Lipinski definition) is 2. The molecule has 0 fully saturated rings. The summed E-state index contributed by atoms with van der Waals surface area (Å²) in [6, 6.07) is 6.15. The van der Waals surface area contributed by atoms with Crippen LogP contribution >= 0.6 is 0 Å². The van der Waals surface area contributed by atoms with Crippen LogP contribution in [0.15, 0.2) is 18.2 Å². The first-order valence-electron chi connectivity index (χ1n) is 5.42. The van der Waals surface area contributed by atoms with Crippen LogP contribution in [0.25, 0.3) is 0 Å². The molecule has 0 radical (unpaired) electrons. The molecule has 1 aromatic rings. The second kappa shape index (κ2) is 4.77. The highest BCUT2D eigenvalue weighted by Crippen LogP contribution is 2.25. The zero-order valence-corrected chi connectivity index (χ0v) is 10.1. The van der Waals surface area contributed by atoms with E-state index in [2.05, 4.69) is 31.3 Å². The standard InChI is InChI=1S/C13H21NO/c1-10-5-6-12(9-11(10)2)13(3,15)7-8-14-4/h5-6,9,14-15H,7-8H2,1-4H3. The summed E-state index contributed by atoms with van der Waals surface area (Å²) in [6.45, 7) is 6.85. The predicted molar refractivity (Wildman–Crippen MR) is 64.0 cm³/mol. The molecular weight excluding hydrogens is 186 g/mol. The first-order chi connectivity index (χ1) is 6.97. The molecule has 1 unspecified atom stereocenters. The second-order valence-electron chi connectivity index (χ2n) is 4.43. The summed E-state index contributed by atoms with van der Waals surface area (Å²) in [6.07, 6.45) is 0.728. The van der Waals surface area contributed by atoms with E-state index in [4.69, 9.17) is 0 Å². The topological polar surface area (TPSA) is 32.3 Å². The van der Waals surface area contributed by atoms with Gasteiger partial charge in [-0.05, 0) is 57.5 Å². The molecule has 1 atom stereocenters. The average Bonchev–Trinajstić information content (AvgIpc) is 2.19. The molecule has 0 aromatic heterocycles. The van der Waals surface area contributed by atoms with Crippen molar-refractivity contribution in [2.75, 3.05) is 13.6 Å². The fourth-order valence-electron chi connectivity index (χ4n) is 1.59. The Morgan fingerprint density at radius 3 is 2.47 bits per heavy atom. The average molecular weight is 207 g/mol. The van der Waals surface area contributed by atoms with Gasteiger partial charge in [-0.2, -0.15) is 0 Å². The van der Waals surface area contributed by atoms with Crippen molar-refractivity contribution in [3.05, 3.63) is 34.9 Å². The van der Waals surface area contributed by atoms with Gasteiger partial charge in [-0.3, -0.25) is 0 Å². The molecule has 1 rings (SSSR count). The highest BCUT2D eigenvalue weighted by atomic mass is 16.3. The molecule has 0 amide bonds. The Kier molecular flexibility index (Phi) is 3.89. The van der Waals surface area contributed by atoms with Crippen LogP contribution in [0.1, 0.15) is 30.0 Å². The number of hydrogen-bond acceptors (Lipinski definition) is 2. The predicted octanol–water partition coefficient (Wildman–Crippen LogP) is 2.12.